The Balaban J connectivity index is 1.97. The Bertz CT molecular complexity index is 737. The molecule has 0 aliphatic carbocycles. The minimum absolute atomic E-state index is 0.00769. The first-order valence-electron chi connectivity index (χ1n) is 8.42. The number of benzene rings is 2. The summed E-state index contributed by atoms with van der Waals surface area (Å²) in [7, 11) is 3.38. The number of rotatable bonds is 7. The molecule has 0 radical (unpaired) electrons. The van der Waals surface area contributed by atoms with E-state index in [4.69, 9.17) is 4.74 Å². The van der Waals surface area contributed by atoms with Gasteiger partial charge < -0.3 is 9.64 Å². The largest absolute Gasteiger partial charge is 0.496 e. The summed E-state index contributed by atoms with van der Waals surface area (Å²) in [5, 5.41) is 0. The molecule has 0 aromatic heterocycles. The fraction of sp³-hybridized carbons (Fsp3) is 0.333. The Labute approximate surface area is 149 Å². The fourth-order valence-electron chi connectivity index (χ4n) is 2.72. The molecule has 0 bridgehead atoms. The minimum atomic E-state index is -0.127. The van der Waals surface area contributed by atoms with E-state index in [9.17, 15) is 9.59 Å². The molecule has 0 saturated carbocycles. The molecule has 4 nitrogen and oxygen atoms in total. The minimum Gasteiger partial charge on any atom is -0.496 e. The van der Waals surface area contributed by atoms with Crippen LogP contribution in [0.5, 0.6) is 5.75 Å². The van der Waals surface area contributed by atoms with Gasteiger partial charge in [0.2, 0.25) is 5.91 Å². The predicted octanol–water partition coefficient (Wildman–Crippen LogP) is 4.19. The number of carbonyl (C=O) groups is 2. The van der Waals surface area contributed by atoms with Crippen LogP contribution in [-0.2, 0) is 4.79 Å². The van der Waals surface area contributed by atoms with Gasteiger partial charge in [0.1, 0.15) is 5.75 Å². The number of aryl methyl sites for hydroxylation is 1. The zero-order valence-electron chi connectivity index (χ0n) is 15.3. The molecule has 1 atom stereocenters. The number of methoxy groups -OCH3 is 1. The predicted molar refractivity (Wildman–Crippen MR) is 98.9 cm³/mol. The normalized spacial score (nSPS) is 11.7. The topological polar surface area (TPSA) is 46.6 Å². The molecule has 25 heavy (non-hydrogen) atoms. The summed E-state index contributed by atoms with van der Waals surface area (Å²) in [6, 6.07) is 15.0. The third kappa shape index (κ3) is 4.69. The van der Waals surface area contributed by atoms with Crippen molar-refractivity contribution >= 4 is 11.7 Å². The van der Waals surface area contributed by atoms with Gasteiger partial charge in [-0.05, 0) is 19.9 Å². The number of Topliss-reactive ketones (excluding diaryl/α,β-unsaturated/α-hetero) is 1. The quantitative estimate of drug-likeness (QED) is 0.711. The number of nitrogens with zero attached hydrogens (tertiary/aromatic N) is 1. The Morgan fingerprint density at radius 3 is 2.32 bits per heavy atom. The summed E-state index contributed by atoms with van der Waals surface area (Å²) in [5.41, 5.74) is 2.71. The molecule has 1 unspecified atom stereocenters. The van der Waals surface area contributed by atoms with E-state index in [0.29, 0.717) is 5.56 Å². The molecule has 1 amide bonds. The number of hydrogen-bond acceptors (Lipinski definition) is 3. The van der Waals surface area contributed by atoms with E-state index in [2.05, 4.69) is 0 Å². The van der Waals surface area contributed by atoms with Crippen molar-refractivity contribution in [3.05, 3.63) is 65.2 Å². The average molecular weight is 339 g/mol. The van der Waals surface area contributed by atoms with Crippen LogP contribution in [0.25, 0.3) is 0 Å². The molecule has 2 rings (SSSR count). The van der Waals surface area contributed by atoms with Crippen molar-refractivity contribution in [2.75, 3.05) is 14.2 Å². The summed E-state index contributed by atoms with van der Waals surface area (Å²) < 4.78 is 5.37. The van der Waals surface area contributed by atoms with Gasteiger partial charge in [-0.1, -0.05) is 48.0 Å². The van der Waals surface area contributed by atoms with Crippen molar-refractivity contribution in [3.8, 4) is 5.75 Å². The van der Waals surface area contributed by atoms with Crippen molar-refractivity contribution in [1.82, 2.24) is 4.90 Å². The van der Waals surface area contributed by atoms with E-state index in [-0.39, 0.29) is 30.6 Å². The van der Waals surface area contributed by atoms with Gasteiger partial charge in [0.05, 0.1) is 13.2 Å². The van der Waals surface area contributed by atoms with Crippen molar-refractivity contribution in [2.24, 2.45) is 0 Å². The Morgan fingerprint density at radius 1 is 1.04 bits per heavy atom. The molecule has 0 N–H and O–H groups in total. The average Bonchev–Trinajstić information content (AvgIpc) is 2.65. The van der Waals surface area contributed by atoms with Crippen molar-refractivity contribution in [2.45, 2.75) is 32.7 Å². The maximum atomic E-state index is 12.5. The summed E-state index contributed by atoms with van der Waals surface area (Å²) in [6.45, 7) is 3.93. The van der Waals surface area contributed by atoms with Crippen LogP contribution in [0.4, 0.5) is 0 Å². The highest BCUT2D eigenvalue weighted by Crippen LogP contribution is 2.28. The summed E-state index contributed by atoms with van der Waals surface area (Å²) >= 11 is 0. The molecule has 0 saturated heterocycles. The number of ether oxygens (including phenoxy) is 1. The van der Waals surface area contributed by atoms with E-state index in [0.717, 1.165) is 16.9 Å². The zero-order valence-corrected chi connectivity index (χ0v) is 15.3. The molecule has 132 valence electrons. The first-order valence-corrected chi connectivity index (χ1v) is 8.42. The van der Waals surface area contributed by atoms with Gasteiger partial charge >= 0.3 is 0 Å². The second-order valence-electron chi connectivity index (χ2n) is 6.21. The highest BCUT2D eigenvalue weighted by atomic mass is 16.5. The maximum absolute atomic E-state index is 12.5. The molecule has 0 spiro atoms. The van der Waals surface area contributed by atoms with Gasteiger partial charge in [-0.2, -0.15) is 0 Å². The summed E-state index contributed by atoms with van der Waals surface area (Å²) in [6.07, 6.45) is 0.410. The van der Waals surface area contributed by atoms with Gasteiger partial charge in [0, 0.05) is 31.0 Å². The first kappa shape index (κ1) is 18.7. The highest BCUT2D eigenvalue weighted by molar-refractivity contribution is 5.98. The second-order valence-corrected chi connectivity index (χ2v) is 6.21. The standard InChI is InChI=1S/C21H25NO3/c1-15-9-11-17(12-10-15)19(23)13-14-21(24)22(3)16(2)18-7-5-6-8-20(18)25-4/h5-12,16H,13-14H2,1-4H3. The third-order valence-electron chi connectivity index (χ3n) is 4.50. The number of ketones is 1. The van der Waals surface area contributed by atoms with Crippen LogP contribution in [-0.4, -0.2) is 30.7 Å². The lowest BCUT2D eigenvalue weighted by Crippen LogP contribution is -2.30. The maximum Gasteiger partial charge on any atom is 0.223 e. The fourth-order valence-corrected chi connectivity index (χ4v) is 2.72. The van der Waals surface area contributed by atoms with Crippen LogP contribution < -0.4 is 4.74 Å². The molecule has 2 aromatic carbocycles. The van der Waals surface area contributed by atoms with E-state index >= 15 is 0 Å². The van der Waals surface area contributed by atoms with Crippen molar-refractivity contribution in [1.29, 1.82) is 0 Å². The molecule has 4 heteroatoms. The molecule has 0 heterocycles. The molecule has 0 aliphatic rings. The molecule has 2 aromatic rings. The van der Waals surface area contributed by atoms with Gasteiger partial charge in [0.25, 0.3) is 0 Å². The van der Waals surface area contributed by atoms with E-state index < -0.39 is 0 Å². The lowest BCUT2D eigenvalue weighted by atomic mass is 10.0. The summed E-state index contributed by atoms with van der Waals surface area (Å²) in [5.74, 6) is 0.691. The van der Waals surface area contributed by atoms with Crippen molar-refractivity contribution in [3.63, 3.8) is 0 Å². The first-order chi connectivity index (χ1) is 11.9. The van der Waals surface area contributed by atoms with Crippen LogP contribution in [0.15, 0.2) is 48.5 Å². The molecular weight excluding hydrogens is 314 g/mol. The van der Waals surface area contributed by atoms with Crippen molar-refractivity contribution < 1.29 is 14.3 Å². The Hall–Kier alpha value is -2.62. The monoisotopic (exact) mass is 339 g/mol. The zero-order chi connectivity index (χ0) is 18.4. The van der Waals surface area contributed by atoms with E-state index in [1.165, 1.54) is 0 Å². The van der Waals surface area contributed by atoms with Crippen LogP contribution in [0.3, 0.4) is 0 Å². The number of carbonyl (C=O) groups excluding carboxylic acids is 2. The van der Waals surface area contributed by atoms with Gasteiger partial charge in [0.15, 0.2) is 5.78 Å². The van der Waals surface area contributed by atoms with Crippen LogP contribution in [0.1, 0.15) is 47.3 Å². The number of amides is 1. The Kier molecular flexibility index (Phi) is 6.34. The smallest absolute Gasteiger partial charge is 0.223 e. The van der Waals surface area contributed by atoms with Crippen LogP contribution in [0, 0.1) is 6.92 Å². The lowest BCUT2D eigenvalue weighted by Gasteiger charge is -2.26. The van der Waals surface area contributed by atoms with E-state index in [1.54, 1.807) is 19.1 Å². The number of hydrogen-bond donors (Lipinski definition) is 0. The molecule has 0 fully saturated rings. The molecular formula is C21H25NO3. The Morgan fingerprint density at radius 2 is 1.68 bits per heavy atom. The van der Waals surface area contributed by atoms with Gasteiger partial charge in [-0.15, -0.1) is 0 Å². The van der Waals surface area contributed by atoms with Gasteiger partial charge in [-0.25, -0.2) is 0 Å². The lowest BCUT2D eigenvalue weighted by molar-refractivity contribution is -0.131. The van der Waals surface area contributed by atoms with Crippen LogP contribution in [0.2, 0.25) is 0 Å². The SMILES string of the molecule is COc1ccccc1C(C)N(C)C(=O)CCC(=O)c1ccc(C)cc1. The molecule has 0 aliphatic heterocycles. The summed E-state index contributed by atoms with van der Waals surface area (Å²) in [4.78, 5) is 26.4. The van der Waals surface area contributed by atoms with E-state index in [1.807, 2.05) is 62.4 Å². The van der Waals surface area contributed by atoms with Crippen LogP contribution >= 0.6 is 0 Å². The third-order valence-corrected chi connectivity index (χ3v) is 4.50. The van der Waals surface area contributed by atoms with Gasteiger partial charge in [-0.3, -0.25) is 9.59 Å². The highest BCUT2D eigenvalue weighted by Gasteiger charge is 2.20. The second kappa shape index (κ2) is 8.47. The number of para-hydroxylation sites is 1.